The molecule has 0 unspecified atom stereocenters. The quantitative estimate of drug-likeness (QED) is 0.762. The van der Waals surface area contributed by atoms with Gasteiger partial charge in [-0.2, -0.15) is 11.3 Å². The number of nitrogens with zero attached hydrogens (tertiary/aromatic N) is 2. The molecule has 0 atom stereocenters. The standard InChI is InChI=1S/C17H15N3O2S2/c1-20(14-4-2-11(3-5-14)16(18)22)15(21)8-13-10-24-17(19-13)12-6-7-23-9-12/h2-7,9-10H,8H2,1H3,(H2,18,22). The van der Waals surface area contributed by atoms with E-state index in [1.807, 2.05) is 22.2 Å². The van der Waals surface area contributed by atoms with E-state index in [9.17, 15) is 9.59 Å². The predicted octanol–water partition coefficient (Wildman–Crippen LogP) is 3.18. The van der Waals surface area contributed by atoms with Crippen molar-refractivity contribution in [3.8, 4) is 10.6 Å². The van der Waals surface area contributed by atoms with Crippen LogP contribution < -0.4 is 10.6 Å². The van der Waals surface area contributed by atoms with E-state index < -0.39 is 5.91 Å². The minimum atomic E-state index is -0.487. The molecule has 0 spiro atoms. The third kappa shape index (κ3) is 3.52. The van der Waals surface area contributed by atoms with Crippen LogP contribution in [0.3, 0.4) is 0 Å². The van der Waals surface area contributed by atoms with Gasteiger partial charge in [-0.25, -0.2) is 4.98 Å². The van der Waals surface area contributed by atoms with Gasteiger partial charge >= 0.3 is 0 Å². The van der Waals surface area contributed by atoms with Gasteiger partial charge in [0.05, 0.1) is 12.1 Å². The Bertz CT molecular complexity index is 854. The molecule has 2 heterocycles. The lowest BCUT2D eigenvalue weighted by atomic mass is 10.2. The fourth-order valence-corrected chi connectivity index (χ4v) is 3.71. The van der Waals surface area contributed by atoms with Gasteiger partial charge in [0.1, 0.15) is 5.01 Å². The molecule has 0 fully saturated rings. The van der Waals surface area contributed by atoms with Gasteiger partial charge in [-0.1, -0.05) is 0 Å². The number of rotatable bonds is 5. The third-order valence-corrected chi connectivity index (χ3v) is 5.19. The zero-order chi connectivity index (χ0) is 17.1. The molecular weight excluding hydrogens is 342 g/mol. The fraction of sp³-hybridized carbons (Fsp3) is 0.118. The van der Waals surface area contributed by atoms with Crippen LogP contribution in [0.2, 0.25) is 0 Å². The van der Waals surface area contributed by atoms with Gasteiger partial charge in [0.25, 0.3) is 0 Å². The summed E-state index contributed by atoms with van der Waals surface area (Å²) in [5, 5.41) is 6.88. The van der Waals surface area contributed by atoms with Crippen molar-refractivity contribution in [2.24, 2.45) is 5.73 Å². The summed E-state index contributed by atoms with van der Waals surface area (Å²) in [6, 6.07) is 8.64. The van der Waals surface area contributed by atoms with E-state index in [2.05, 4.69) is 4.98 Å². The van der Waals surface area contributed by atoms with Gasteiger partial charge in [-0.15, -0.1) is 11.3 Å². The number of anilines is 1. The summed E-state index contributed by atoms with van der Waals surface area (Å²) in [4.78, 5) is 29.6. The SMILES string of the molecule is CN(C(=O)Cc1csc(-c2ccsc2)n1)c1ccc(C(N)=O)cc1. The van der Waals surface area contributed by atoms with Gasteiger partial charge in [0.15, 0.2) is 0 Å². The number of carbonyl (C=O) groups is 2. The first kappa shape index (κ1) is 16.4. The summed E-state index contributed by atoms with van der Waals surface area (Å²) in [6.07, 6.45) is 0.231. The number of likely N-dealkylation sites (N-methyl/N-ethyl adjacent to an activating group) is 1. The Morgan fingerprint density at radius 2 is 1.92 bits per heavy atom. The zero-order valence-electron chi connectivity index (χ0n) is 12.9. The zero-order valence-corrected chi connectivity index (χ0v) is 14.6. The number of thiophene rings is 1. The number of amides is 2. The molecule has 0 aliphatic carbocycles. The maximum absolute atomic E-state index is 12.4. The summed E-state index contributed by atoms with van der Waals surface area (Å²) < 4.78 is 0. The smallest absolute Gasteiger partial charge is 0.248 e. The molecule has 5 nitrogen and oxygen atoms in total. The Labute approximate surface area is 147 Å². The van der Waals surface area contributed by atoms with Gasteiger partial charge in [0.2, 0.25) is 11.8 Å². The lowest BCUT2D eigenvalue weighted by molar-refractivity contribution is -0.117. The predicted molar refractivity (Wildman–Crippen MR) is 97.5 cm³/mol. The van der Waals surface area contributed by atoms with Crippen LogP contribution in [-0.4, -0.2) is 23.8 Å². The number of hydrogen-bond acceptors (Lipinski definition) is 5. The average Bonchev–Trinajstić information content (AvgIpc) is 3.25. The molecule has 122 valence electrons. The molecule has 2 amide bonds. The minimum Gasteiger partial charge on any atom is -0.366 e. The maximum atomic E-state index is 12.4. The first-order chi connectivity index (χ1) is 11.5. The van der Waals surface area contributed by atoms with Gasteiger partial charge in [-0.3, -0.25) is 9.59 Å². The molecule has 3 aromatic rings. The van der Waals surface area contributed by atoms with E-state index >= 15 is 0 Å². The number of nitrogens with two attached hydrogens (primary N) is 1. The van der Waals surface area contributed by atoms with Crippen molar-refractivity contribution in [2.75, 3.05) is 11.9 Å². The van der Waals surface area contributed by atoms with Crippen molar-refractivity contribution in [3.05, 3.63) is 57.7 Å². The molecular formula is C17H15N3O2S2. The Kier molecular flexibility index (Phi) is 4.73. The van der Waals surface area contributed by atoms with Crippen LogP contribution in [0.4, 0.5) is 5.69 Å². The van der Waals surface area contributed by atoms with E-state index in [1.54, 1.807) is 47.5 Å². The van der Waals surface area contributed by atoms with E-state index in [0.717, 1.165) is 16.3 Å². The topological polar surface area (TPSA) is 76.3 Å². The number of primary amides is 1. The van der Waals surface area contributed by atoms with Crippen molar-refractivity contribution in [2.45, 2.75) is 6.42 Å². The Balaban J connectivity index is 1.69. The Morgan fingerprint density at radius 1 is 1.17 bits per heavy atom. The number of carbonyl (C=O) groups excluding carboxylic acids is 2. The molecule has 0 aliphatic heterocycles. The molecule has 0 saturated heterocycles. The highest BCUT2D eigenvalue weighted by Crippen LogP contribution is 2.26. The van der Waals surface area contributed by atoms with E-state index in [0.29, 0.717) is 11.3 Å². The highest BCUT2D eigenvalue weighted by molar-refractivity contribution is 7.14. The van der Waals surface area contributed by atoms with Crippen molar-refractivity contribution in [1.29, 1.82) is 0 Å². The summed E-state index contributed by atoms with van der Waals surface area (Å²) in [7, 11) is 1.70. The fourth-order valence-electron chi connectivity index (χ4n) is 2.17. The second kappa shape index (κ2) is 6.94. The highest BCUT2D eigenvalue weighted by atomic mass is 32.1. The van der Waals surface area contributed by atoms with Crippen LogP contribution in [0.25, 0.3) is 10.6 Å². The lowest BCUT2D eigenvalue weighted by Gasteiger charge is -2.17. The molecule has 7 heteroatoms. The van der Waals surface area contributed by atoms with Crippen LogP contribution in [0, 0.1) is 0 Å². The first-order valence-corrected chi connectivity index (χ1v) is 9.00. The van der Waals surface area contributed by atoms with Crippen molar-refractivity contribution in [1.82, 2.24) is 4.98 Å². The summed E-state index contributed by atoms with van der Waals surface area (Å²) in [5.74, 6) is -0.553. The van der Waals surface area contributed by atoms with E-state index in [-0.39, 0.29) is 12.3 Å². The minimum absolute atomic E-state index is 0.0657. The lowest BCUT2D eigenvalue weighted by Crippen LogP contribution is -2.28. The van der Waals surface area contributed by atoms with E-state index in [1.165, 1.54) is 11.3 Å². The number of hydrogen-bond donors (Lipinski definition) is 1. The number of aromatic nitrogens is 1. The second-order valence-corrected chi connectivity index (χ2v) is 6.83. The van der Waals surface area contributed by atoms with Crippen LogP contribution in [0.5, 0.6) is 0 Å². The molecule has 2 N–H and O–H groups in total. The van der Waals surface area contributed by atoms with Crippen LogP contribution in [-0.2, 0) is 11.2 Å². The Morgan fingerprint density at radius 3 is 2.54 bits per heavy atom. The largest absolute Gasteiger partial charge is 0.366 e. The summed E-state index contributed by atoms with van der Waals surface area (Å²) in [6.45, 7) is 0. The van der Waals surface area contributed by atoms with E-state index in [4.69, 9.17) is 5.73 Å². The molecule has 2 aromatic heterocycles. The molecule has 0 aliphatic rings. The molecule has 24 heavy (non-hydrogen) atoms. The number of benzene rings is 1. The molecule has 1 aromatic carbocycles. The molecule has 0 radical (unpaired) electrons. The molecule has 3 rings (SSSR count). The molecule has 0 saturated carbocycles. The summed E-state index contributed by atoms with van der Waals surface area (Å²) in [5.41, 5.74) is 8.18. The van der Waals surface area contributed by atoms with Crippen molar-refractivity contribution in [3.63, 3.8) is 0 Å². The van der Waals surface area contributed by atoms with Gasteiger partial charge in [0, 0.05) is 34.6 Å². The number of thiazole rings is 1. The monoisotopic (exact) mass is 357 g/mol. The first-order valence-electron chi connectivity index (χ1n) is 7.18. The van der Waals surface area contributed by atoms with Gasteiger partial charge in [-0.05, 0) is 35.7 Å². The normalized spacial score (nSPS) is 10.5. The third-order valence-electron chi connectivity index (χ3n) is 3.57. The van der Waals surface area contributed by atoms with Crippen LogP contribution >= 0.6 is 22.7 Å². The van der Waals surface area contributed by atoms with Crippen LogP contribution in [0.15, 0.2) is 46.5 Å². The van der Waals surface area contributed by atoms with Crippen LogP contribution in [0.1, 0.15) is 16.1 Å². The summed E-state index contributed by atoms with van der Waals surface area (Å²) >= 11 is 3.16. The van der Waals surface area contributed by atoms with Crippen molar-refractivity contribution < 1.29 is 9.59 Å². The van der Waals surface area contributed by atoms with Crippen molar-refractivity contribution >= 4 is 40.2 Å². The Hall–Kier alpha value is -2.51. The average molecular weight is 357 g/mol. The van der Waals surface area contributed by atoms with Gasteiger partial charge < -0.3 is 10.6 Å². The maximum Gasteiger partial charge on any atom is 0.248 e. The highest BCUT2D eigenvalue weighted by Gasteiger charge is 2.15. The second-order valence-electron chi connectivity index (χ2n) is 5.20. The molecule has 0 bridgehead atoms.